The van der Waals surface area contributed by atoms with E-state index in [2.05, 4.69) is 39.3 Å². The number of nitrogens with two attached hydrogens (primary N) is 1. The van der Waals surface area contributed by atoms with Crippen LogP contribution in [0.5, 0.6) is 0 Å². The van der Waals surface area contributed by atoms with E-state index < -0.39 is 12.1 Å². The molecule has 0 heterocycles. The zero-order chi connectivity index (χ0) is 38.6. The molecule has 0 aliphatic heterocycles. The normalized spacial score (nSPS) is 12.6. The van der Waals surface area contributed by atoms with E-state index in [-0.39, 0.29) is 75.5 Å². The molecule has 1 aliphatic carbocycles. The summed E-state index contributed by atoms with van der Waals surface area (Å²) in [6, 6.07) is 10.7. The monoisotopic (exact) mass is 722 g/mol. The Balaban J connectivity index is 1.56. The van der Waals surface area contributed by atoms with Crippen LogP contribution in [0.1, 0.15) is 75.3 Å². The molecular formula is C37H47N5O10. The molecule has 0 radical (unpaired) electrons. The second kappa shape index (κ2) is 21.5. The Morgan fingerprint density at radius 2 is 1.27 bits per heavy atom. The van der Waals surface area contributed by atoms with Crippen molar-refractivity contribution in [2.75, 3.05) is 43.5 Å². The van der Waals surface area contributed by atoms with Crippen LogP contribution < -0.4 is 27.2 Å². The third kappa shape index (κ3) is 13.5. The van der Waals surface area contributed by atoms with Crippen LogP contribution in [0.2, 0.25) is 1.41 Å². The first-order valence-electron chi connectivity index (χ1n) is 17.5. The van der Waals surface area contributed by atoms with Crippen LogP contribution in [0.25, 0.3) is 11.1 Å². The third-order valence-corrected chi connectivity index (χ3v) is 7.94. The van der Waals surface area contributed by atoms with Gasteiger partial charge in [-0.05, 0) is 59.4 Å². The molecule has 0 saturated carbocycles. The lowest BCUT2D eigenvalue weighted by atomic mass is 9.97. The first kappa shape index (κ1) is 39.1. The molecule has 1 atom stereocenters. The molecule has 15 nitrogen and oxygen atoms in total. The fourth-order valence-electron chi connectivity index (χ4n) is 5.34. The van der Waals surface area contributed by atoms with Crippen molar-refractivity contribution in [3.8, 4) is 11.1 Å². The number of aldehydes is 1. The van der Waals surface area contributed by atoms with Crippen LogP contribution in [-0.2, 0) is 43.0 Å². The van der Waals surface area contributed by atoms with Crippen molar-refractivity contribution >= 4 is 47.4 Å². The molecule has 2 aromatic carbocycles. The number of ether oxygens (including phenoxy) is 3. The Morgan fingerprint density at radius 1 is 0.769 bits per heavy atom. The largest absolute Gasteiger partial charge is 0.527 e. The lowest BCUT2D eigenvalue weighted by molar-refractivity contribution is -0.122. The van der Waals surface area contributed by atoms with Gasteiger partial charge in [0.05, 0.1) is 31.0 Å². The van der Waals surface area contributed by atoms with E-state index in [9.17, 15) is 28.8 Å². The molecule has 1 unspecified atom stereocenters. The van der Waals surface area contributed by atoms with Gasteiger partial charge in [-0.2, -0.15) is 5.89 Å². The Kier molecular flexibility index (Phi) is 16.2. The SMILES string of the molecule is [2H]NOC(=O)OCC1c2cc(NC(=O)CCCC(=O)NCCOC(=C)CC)ccc2-c2ccc(NC(=O)CCCC(=O)NCCOC(=C)CC=O)cc21. The van der Waals surface area contributed by atoms with Crippen molar-refractivity contribution < 1.29 is 49.2 Å². The highest BCUT2D eigenvalue weighted by molar-refractivity contribution is 5.94. The number of benzene rings is 2. The Bertz CT molecular complexity index is 1650. The zero-order valence-corrected chi connectivity index (χ0v) is 29.3. The van der Waals surface area contributed by atoms with Gasteiger partial charge in [0, 0.05) is 49.4 Å². The van der Waals surface area contributed by atoms with Crippen molar-refractivity contribution in [2.24, 2.45) is 5.89 Å². The predicted octanol–water partition coefficient (Wildman–Crippen LogP) is 4.34. The van der Waals surface area contributed by atoms with Gasteiger partial charge in [-0.3, -0.25) is 19.2 Å². The molecule has 1 aliphatic rings. The van der Waals surface area contributed by atoms with E-state index in [1.807, 2.05) is 19.1 Å². The van der Waals surface area contributed by atoms with Gasteiger partial charge in [0.25, 0.3) is 0 Å². The lowest BCUT2D eigenvalue weighted by Gasteiger charge is -2.15. The number of anilines is 2. The summed E-state index contributed by atoms with van der Waals surface area (Å²) in [7, 11) is 0. The molecule has 4 amide bonds. The van der Waals surface area contributed by atoms with Gasteiger partial charge < -0.3 is 45.1 Å². The van der Waals surface area contributed by atoms with Crippen LogP contribution in [0.15, 0.2) is 61.1 Å². The summed E-state index contributed by atoms with van der Waals surface area (Å²) in [5.41, 5.74) is 4.18. The first-order chi connectivity index (χ1) is 25.5. The van der Waals surface area contributed by atoms with Gasteiger partial charge in [-0.15, -0.1) is 0 Å². The summed E-state index contributed by atoms with van der Waals surface area (Å²) in [5, 5.41) is 11.1. The highest BCUT2D eigenvalue weighted by atomic mass is 16.8. The molecule has 6 N–H and O–H groups in total. The van der Waals surface area contributed by atoms with Crippen molar-refractivity contribution in [2.45, 2.75) is 64.2 Å². The van der Waals surface area contributed by atoms with Gasteiger partial charge in [-0.1, -0.05) is 32.2 Å². The number of hydrogen-bond acceptors (Lipinski definition) is 11. The fraction of sp³-hybridized carbons (Fsp3) is 0.405. The summed E-state index contributed by atoms with van der Waals surface area (Å²) in [6.45, 7) is 10.2. The highest BCUT2D eigenvalue weighted by Crippen LogP contribution is 2.47. The first-order valence-corrected chi connectivity index (χ1v) is 17.0. The minimum atomic E-state index is -1.10. The number of hydrogen-bond donors (Lipinski definition) is 5. The summed E-state index contributed by atoms with van der Waals surface area (Å²) in [6.07, 6.45) is 1.53. The topological polar surface area (TPSA) is 213 Å². The van der Waals surface area contributed by atoms with E-state index in [0.717, 1.165) is 22.3 Å². The van der Waals surface area contributed by atoms with Crippen molar-refractivity contribution in [1.82, 2.24) is 10.6 Å². The molecule has 3 rings (SSSR count). The van der Waals surface area contributed by atoms with Gasteiger partial charge in [-0.25, -0.2) is 4.79 Å². The van der Waals surface area contributed by atoms with Crippen molar-refractivity contribution in [3.63, 3.8) is 0 Å². The van der Waals surface area contributed by atoms with Crippen molar-refractivity contribution in [3.05, 3.63) is 72.2 Å². The standard InChI is InChI=1S/C37H47N5O10/c1-4-24(2)49-19-16-39-33(44)7-5-9-35(46)41-26-11-13-28-29-14-12-27(22-31(29)32(30(28)21-26)23-51-37(48)52-38)42-36(47)10-6-8-34(45)40-17-20-50-25(3)15-18-43/h11-14,18,21-22,32H,2-10,15-17,19-20,23,38H2,1H3,(H,39,44)(H,40,45)(H,41,46)(H,42,47)/i38D. The van der Waals surface area contributed by atoms with Crippen LogP contribution in [0, 0.1) is 0 Å². The second-order valence-corrected chi connectivity index (χ2v) is 11.8. The minimum absolute atomic E-state index is 0.0909. The summed E-state index contributed by atoms with van der Waals surface area (Å²) < 4.78 is 22.7. The fourth-order valence-corrected chi connectivity index (χ4v) is 5.34. The van der Waals surface area contributed by atoms with Crippen molar-refractivity contribution in [1.29, 1.82) is 0 Å². The number of fused-ring (bicyclic) bond motifs is 3. The molecule has 0 saturated heterocycles. The molecule has 0 spiro atoms. The number of nitrogens with one attached hydrogen (secondary N) is 4. The molecule has 52 heavy (non-hydrogen) atoms. The van der Waals surface area contributed by atoms with E-state index in [0.29, 0.717) is 61.6 Å². The van der Waals surface area contributed by atoms with E-state index >= 15 is 0 Å². The second-order valence-electron chi connectivity index (χ2n) is 11.8. The summed E-state index contributed by atoms with van der Waals surface area (Å²) in [5.74, 6) is 1.00. The molecule has 0 bridgehead atoms. The number of carbonyl (C=O) groups excluding carboxylic acids is 6. The Labute approximate surface area is 304 Å². The van der Waals surface area contributed by atoms with E-state index in [4.69, 9.17) is 15.6 Å². The Morgan fingerprint density at radius 3 is 1.75 bits per heavy atom. The van der Waals surface area contributed by atoms with E-state index in [1.54, 1.807) is 24.3 Å². The molecule has 280 valence electrons. The number of amides is 4. The molecular weight excluding hydrogens is 674 g/mol. The van der Waals surface area contributed by atoms with Gasteiger partial charge in [0.1, 0.15) is 26.1 Å². The third-order valence-electron chi connectivity index (χ3n) is 7.94. The molecule has 0 fully saturated rings. The number of carbonyl (C=O) groups is 6. The average Bonchev–Trinajstić information content (AvgIpc) is 3.42. The average molecular weight is 723 g/mol. The quantitative estimate of drug-likeness (QED) is 0.0338. The molecule has 0 aromatic heterocycles. The Hall–Kier alpha value is -5.70. The maximum Gasteiger partial charge on any atom is 0.527 e. The van der Waals surface area contributed by atoms with Crippen LogP contribution in [0.4, 0.5) is 16.2 Å². The summed E-state index contributed by atoms with van der Waals surface area (Å²) >= 11 is 0. The van der Waals surface area contributed by atoms with E-state index in [1.165, 1.54) is 5.89 Å². The smallest absolute Gasteiger partial charge is 0.497 e. The van der Waals surface area contributed by atoms with Crippen LogP contribution >= 0.6 is 0 Å². The van der Waals surface area contributed by atoms with Crippen LogP contribution in [0.3, 0.4) is 0 Å². The molecule has 2 aromatic rings. The number of allylic oxidation sites excluding steroid dienone is 2. The maximum absolute atomic E-state index is 12.7. The van der Waals surface area contributed by atoms with Crippen LogP contribution in [-0.4, -0.2) is 69.0 Å². The molecule has 15 heteroatoms. The number of rotatable bonds is 24. The van der Waals surface area contributed by atoms with Gasteiger partial charge in [0.15, 0.2) is 1.41 Å². The predicted molar refractivity (Wildman–Crippen MR) is 192 cm³/mol. The lowest BCUT2D eigenvalue weighted by Crippen LogP contribution is -2.27. The highest BCUT2D eigenvalue weighted by Gasteiger charge is 2.31. The zero-order valence-electron chi connectivity index (χ0n) is 30.3. The van der Waals surface area contributed by atoms with Gasteiger partial charge >= 0.3 is 6.16 Å². The van der Waals surface area contributed by atoms with Gasteiger partial charge in [0.2, 0.25) is 23.6 Å². The summed E-state index contributed by atoms with van der Waals surface area (Å²) in [4.78, 5) is 76.5. The maximum atomic E-state index is 12.7. The minimum Gasteiger partial charge on any atom is -0.497 e.